The van der Waals surface area contributed by atoms with Gasteiger partial charge in [0.2, 0.25) is 0 Å². The van der Waals surface area contributed by atoms with Crippen LogP contribution in [0.1, 0.15) is 35.3 Å². The maximum Gasteiger partial charge on any atom is 0.0966 e. The van der Waals surface area contributed by atoms with Crippen molar-refractivity contribution in [3.8, 4) is 0 Å². The van der Waals surface area contributed by atoms with E-state index in [1.54, 1.807) is 0 Å². The molecule has 2 rings (SSSR count). The van der Waals surface area contributed by atoms with Gasteiger partial charge in [0.1, 0.15) is 0 Å². The van der Waals surface area contributed by atoms with E-state index in [1.165, 1.54) is 16.7 Å². The SMILES string of the molecule is CCc1ccc(C(CSc2cc(C)cc(C)n2)NC)cc1. The normalized spacial score (nSPS) is 12.4. The molecule has 1 aromatic heterocycles. The molecule has 0 aliphatic rings. The van der Waals surface area contributed by atoms with Gasteiger partial charge >= 0.3 is 0 Å². The number of aryl methyl sites for hydroxylation is 3. The average Bonchev–Trinajstić information content (AvgIpc) is 2.47. The first-order valence-electron chi connectivity index (χ1n) is 7.46. The first-order chi connectivity index (χ1) is 10.1. The molecule has 21 heavy (non-hydrogen) atoms. The van der Waals surface area contributed by atoms with Gasteiger partial charge in [-0.25, -0.2) is 4.98 Å². The van der Waals surface area contributed by atoms with Crippen molar-refractivity contribution in [1.29, 1.82) is 0 Å². The summed E-state index contributed by atoms with van der Waals surface area (Å²) in [7, 11) is 2.02. The lowest BCUT2D eigenvalue weighted by Gasteiger charge is -2.16. The summed E-state index contributed by atoms with van der Waals surface area (Å²) < 4.78 is 0. The molecule has 1 aromatic carbocycles. The Bertz CT molecular complexity index is 558. The molecule has 0 amide bonds. The number of rotatable bonds is 6. The summed E-state index contributed by atoms with van der Waals surface area (Å²) in [4.78, 5) is 4.60. The van der Waals surface area contributed by atoms with E-state index in [0.717, 1.165) is 22.9 Å². The van der Waals surface area contributed by atoms with Crippen LogP contribution in [0, 0.1) is 13.8 Å². The minimum Gasteiger partial charge on any atom is -0.312 e. The van der Waals surface area contributed by atoms with Crippen molar-refractivity contribution in [2.45, 2.75) is 38.3 Å². The number of pyridine rings is 1. The van der Waals surface area contributed by atoms with Crippen LogP contribution in [0.4, 0.5) is 0 Å². The second kappa shape index (κ2) is 7.62. The van der Waals surface area contributed by atoms with Gasteiger partial charge in [0.05, 0.1) is 5.03 Å². The van der Waals surface area contributed by atoms with Crippen molar-refractivity contribution in [3.05, 3.63) is 58.8 Å². The molecule has 112 valence electrons. The topological polar surface area (TPSA) is 24.9 Å². The minimum absolute atomic E-state index is 0.350. The number of benzene rings is 1. The molecule has 2 nitrogen and oxygen atoms in total. The van der Waals surface area contributed by atoms with E-state index >= 15 is 0 Å². The number of thioether (sulfide) groups is 1. The average molecular weight is 300 g/mol. The van der Waals surface area contributed by atoms with Crippen LogP contribution in [0.2, 0.25) is 0 Å². The summed E-state index contributed by atoms with van der Waals surface area (Å²) in [6, 6.07) is 13.5. The van der Waals surface area contributed by atoms with Gasteiger partial charge in [-0.1, -0.05) is 31.2 Å². The van der Waals surface area contributed by atoms with Crippen LogP contribution in [0.25, 0.3) is 0 Å². The Morgan fingerprint density at radius 2 is 1.86 bits per heavy atom. The highest BCUT2D eigenvalue weighted by Gasteiger charge is 2.10. The second-order valence-electron chi connectivity index (χ2n) is 5.37. The monoisotopic (exact) mass is 300 g/mol. The third-order valence-electron chi connectivity index (χ3n) is 3.61. The largest absolute Gasteiger partial charge is 0.312 e. The molecule has 0 bridgehead atoms. The van der Waals surface area contributed by atoms with Gasteiger partial charge in [0, 0.05) is 17.5 Å². The van der Waals surface area contributed by atoms with Crippen molar-refractivity contribution >= 4 is 11.8 Å². The van der Waals surface area contributed by atoms with Gasteiger partial charge in [-0.2, -0.15) is 0 Å². The zero-order valence-electron chi connectivity index (χ0n) is 13.3. The van der Waals surface area contributed by atoms with Crippen molar-refractivity contribution in [2.24, 2.45) is 0 Å². The van der Waals surface area contributed by atoms with Crippen molar-refractivity contribution in [1.82, 2.24) is 10.3 Å². The lowest BCUT2D eigenvalue weighted by molar-refractivity contribution is 0.661. The van der Waals surface area contributed by atoms with Crippen LogP contribution in [-0.4, -0.2) is 17.8 Å². The lowest BCUT2D eigenvalue weighted by atomic mass is 10.1. The molecule has 0 spiro atoms. The molecule has 1 heterocycles. The Balaban J connectivity index is 2.04. The van der Waals surface area contributed by atoms with Crippen LogP contribution in [0.15, 0.2) is 41.4 Å². The Kier molecular flexibility index (Phi) is 5.83. The van der Waals surface area contributed by atoms with Crippen LogP contribution < -0.4 is 5.32 Å². The molecule has 0 fully saturated rings. The smallest absolute Gasteiger partial charge is 0.0966 e. The summed E-state index contributed by atoms with van der Waals surface area (Å²) in [6.45, 7) is 6.36. The van der Waals surface area contributed by atoms with Crippen LogP contribution >= 0.6 is 11.8 Å². The highest BCUT2D eigenvalue weighted by atomic mass is 32.2. The van der Waals surface area contributed by atoms with Crippen molar-refractivity contribution in [3.63, 3.8) is 0 Å². The van der Waals surface area contributed by atoms with Gasteiger partial charge in [0.15, 0.2) is 0 Å². The van der Waals surface area contributed by atoms with Crippen LogP contribution in [0.5, 0.6) is 0 Å². The van der Waals surface area contributed by atoms with Gasteiger partial charge < -0.3 is 5.32 Å². The van der Waals surface area contributed by atoms with E-state index < -0.39 is 0 Å². The van der Waals surface area contributed by atoms with E-state index in [2.05, 4.69) is 67.5 Å². The summed E-state index contributed by atoms with van der Waals surface area (Å²) in [5.41, 5.74) is 5.09. The predicted molar refractivity (Wildman–Crippen MR) is 92.1 cm³/mol. The summed E-state index contributed by atoms with van der Waals surface area (Å²) in [5, 5.41) is 4.52. The maximum atomic E-state index is 4.60. The van der Waals surface area contributed by atoms with Crippen molar-refractivity contribution in [2.75, 3.05) is 12.8 Å². The number of nitrogens with zero attached hydrogens (tertiary/aromatic N) is 1. The molecule has 3 heteroatoms. The standard InChI is InChI=1S/C18H24N2S/c1-5-15-6-8-16(9-7-15)17(19-4)12-21-18-11-13(2)10-14(3)20-18/h6-11,17,19H,5,12H2,1-4H3. The lowest BCUT2D eigenvalue weighted by Crippen LogP contribution is -2.18. The molecule has 0 saturated heterocycles. The summed E-state index contributed by atoms with van der Waals surface area (Å²) in [6.07, 6.45) is 1.09. The molecule has 0 aliphatic carbocycles. The molecular weight excluding hydrogens is 276 g/mol. The van der Waals surface area contributed by atoms with Gasteiger partial charge in [-0.15, -0.1) is 11.8 Å². The summed E-state index contributed by atoms with van der Waals surface area (Å²) >= 11 is 1.81. The second-order valence-corrected chi connectivity index (χ2v) is 6.41. The van der Waals surface area contributed by atoms with Crippen LogP contribution in [0.3, 0.4) is 0 Å². The number of aromatic nitrogens is 1. The van der Waals surface area contributed by atoms with Crippen molar-refractivity contribution < 1.29 is 0 Å². The molecule has 0 aliphatic heterocycles. The zero-order chi connectivity index (χ0) is 15.2. The summed E-state index contributed by atoms with van der Waals surface area (Å²) in [5.74, 6) is 0.984. The van der Waals surface area contributed by atoms with E-state index in [-0.39, 0.29) is 0 Å². The number of hydrogen-bond acceptors (Lipinski definition) is 3. The van der Waals surface area contributed by atoms with E-state index in [0.29, 0.717) is 6.04 Å². The predicted octanol–water partition coefficient (Wildman–Crippen LogP) is 4.31. The van der Waals surface area contributed by atoms with Gasteiger partial charge in [-0.3, -0.25) is 0 Å². The Hall–Kier alpha value is -1.32. The molecule has 0 radical (unpaired) electrons. The fourth-order valence-corrected chi connectivity index (χ4v) is 3.55. The molecule has 1 atom stereocenters. The molecule has 0 saturated carbocycles. The van der Waals surface area contributed by atoms with E-state index in [9.17, 15) is 0 Å². The van der Waals surface area contributed by atoms with Crippen LogP contribution in [-0.2, 0) is 6.42 Å². The Morgan fingerprint density at radius 3 is 2.43 bits per heavy atom. The fraction of sp³-hybridized carbons (Fsp3) is 0.389. The zero-order valence-corrected chi connectivity index (χ0v) is 14.1. The number of hydrogen-bond donors (Lipinski definition) is 1. The van der Waals surface area contributed by atoms with Gasteiger partial charge in [-0.05, 0) is 56.1 Å². The first-order valence-corrected chi connectivity index (χ1v) is 8.45. The quantitative estimate of drug-likeness (QED) is 0.805. The minimum atomic E-state index is 0.350. The maximum absolute atomic E-state index is 4.60. The highest BCUT2D eigenvalue weighted by Crippen LogP contribution is 2.24. The molecule has 1 unspecified atom stereocenters. The van der Waals surface area contributed by atoms with E-state index in [1.807, 2.05) is 18.8 Å². The Labute approximate surface area is 132 Å². The fourth-order valence-electron chi connectivity index (χ4n) is 2.38. The number of nitrogens with one attached hydrogen (secondary N) is 1. The first kappa shape index (κ1) is 16.1. The van der Waals surface area contributed by atoms with Gasteiger partial charge in [0.25, 0.3) is 0 Å². The third-order valence-corrected chi connectivity index (χ3v) is 4.62. The molecule has 1 N–H and O–H groups in total. The Morgan fingerprint density at radius 1 is 1.14 bits per heavy atom. The third kappa shape index (κ3) is 4.58. The molecule has 2 aromatic rings. The molecular formula is C18H24N2S. The highest BCUT2D eigenvalue weighted by molar-refractivity contribution is 7.99. The van der Waals surface area contributed by atoms with E-state index in [4.69, 9.17) is 0 Å².